The van der Waals surface area contributed by atoms with E-state index in [1.165, 1.54) is 12.1 Å². The molecule has 1 rings (SSSR count). The Morgan fingerprint density at radius 1 is 1.23 bits per heavy atom. The molecule has 0 atom stereocenters. The molecule has 0 bridgehead atoms. The van der Waals surface area contributed by atoms with Gasteiger partial charge in [-0.15, -0.1) is 0 Å². The molecule has 6 heteroatoms. The minimum atomic E-state index is -2.89. The van der Waals surface area contributed by atoms with Crippen molar-refractivity contribution in [3.63, 3.8) is 0 Å². The van der Waals surface area contributed by atoms with Gasteiger partial charge in [0.2, 0.25) is 0 Å². The summed E-state index contributed by atoms with van der Waals surface area (Å²) in [6.07, 6.45) is 0. The predicted octanol–water partition coefficient (Wildman–Crippen LogP) is 4.20. The van der Waals surface area contributed by atoms with Gasteiger partial charge in [-0.2, -0.15) is 8.78 Å². The molecule has 0 aliphatic carbocycles. The van der Waals surface area contributed by atoms with E-state index in [1.54, 1.807) is 0 Å². The van der Waals surface area contributed by atoms with Crippen molar-refractivity contribution in [1.29, 1.82) is 0 Å². The fraction of sp³-hybridized carbons (Fsp3) is 0.143. The molecular weight excluding hydrogens is 336 g/mol. The van der Waals surface area contributed by atoms with Gasteiger partial charge in [-0.1, -0.05) is 23.2 Å². The molecule has 0 saturated carbocycles. The van der Waals surface area contributed by atoms with E-state index >= 15 is 0 Å². The van der Waals surface area contributed by atoms with Crippen molar-refractivity contribution in [1.82, 2.24) is 0 Å². The number of halogens is 5. The van der Waals surface area contributed by atoms with Crippen molar-refractivity contribution in [3.05, 3.63) is 25.7 Å². The van der Waals surface area contributed by atoms with E-state index in [0.717, 1.165) is 0 Å². The second-order valence-electron chi connectivity index (χ2n) is 2.08. The molecule has 0 heterocycles. The molecule has 0 unspecified atom stereocenters. The van der Waals surface area contributed by atoms with Crippen LogP contribution in [-0.2, 0) is 0 Å². The van der Waals surface area contributed by atoms with E-state index in [4.69, 9.17) is 23.2 Å². The van der Waals surface area contributed by atoms with Gasteiger partial charge in [-0.3, -0.25) is 0 Å². The van der Waals surface area contributed by atoms with Crippen LogP contribution in [0.2, 0.25) is 10.0 Å². The zero-order chi connectivity index (χ0) is 10.0. The van der Waals surface area contributed by atoms with Crippen LogP contribution in [0.5, 0.6) is 5.75 Å². The molecule has 0 spiro atoms. The largest absolute Gasteiger partial charge is 0.433 e. The van der Waals surface area contributed by atoms with Crippen LogP contribution >= 0.6 is 45.8 Å². The summed E-state index contributed by atoms with van der Waals surface area (Å²) in [6.45, 7) is -2.89. The van der Waals surface area contributed by atoms with Gasteiger partial charge in [0, 0.05) is 9.64 Å². The summed E-state index contributed by atoms with van der Waals surface area (Å²) in [5.41, 5.74) is 0. The highest BCUT2D eigenvalue weighted by Crippen LogP contribution is 2.32. The van der Waals surface area contributed by atoms with Gasteiger partial charge in [0.05, 0.1) is 10.0 Å². The Balaban J connectivity index is 3.01. The highest BCUT2D eigenvalue weighted by Gasteiger charge is 2.10. The highest BCUT2D eigenvalue weighted by molar-refractivity contribution is 14.1. The number of ether oxygens (including phenoxy) is 1. The van der Waals surface area contributed by atoms with Gasteiger partial charge < -0.3 is 4.74 Å². The second kappa shape index (κ2) is 4.61. The molecule has 0 aromatic heterocycles. The Kier molecular flexibility index (Phi) is 4.00. The van der Waals surface area contributed by atoms with E-state index in [1.807, 2.05) is 22.6 Å². The normalized spacial score (nSPS) is 10.6. The monoisotopic (exact) mass is 338 g/mol. The van der Waals surface area contributed by atoms with Crippen LogP contribution in [0.15, 0.2) is 12.1 Å². The van der Waals surface area contributed by atoms with Crippen molar-refractivity contribution >= 4 is 45.8 Å². The minimum Gasteiger partial charge on any atom is -0.433 e. The molecular formula is C7H3Cl2F2IO. The molecule has 72 valence electrons. The smallest absolute Gasteiger partial charge is 0.387 e. The van der Waals surface area contributed by atoms with E-state index in [9.17, 15) is 8.78 Å². The first-order valence-electron chi connectivity index (χ1n) is 3.10. The molecule has 0 amide bonds. The van der Waals surface area contributed by atoms with Crippen LogP contribution in [0.4, 0.5) is 8.78 Å². The Morgan fingerprint density at radius 3 is 2.38 bits per heavy atom. The minimum absolute atomic E-state index is 0.109. The Morgan fingerprint density at radius 2 is 1.85 bits per heavy atom. The van der Waals surface area contributed by atoms with Crippen LogP contribution in [-0.4, -0.2) is 6.61 Å². The molecule has 1 aromatic rings. The maximum Gasteiger partial charge on any atom is 0.387 e. The summed E-state index contributed by atoms with van der Waals surface area (Å²) < 4.78 is 28.4. The number of alkyl halides is 2. The van der Waals surface area contributed by atoms with Gasteiger partial charge in [-0.25, -0.2) is 0 Å². The molecule has 0 radical (unpaired) electrons. The lowest BCUT2D eigenvalue weighted by molar-refractivity contribution is -0.0497. The molecule has 0 aliphatic rings. The molecule has 13 heavy (non-hydrogen) atoms. The van der Waals surface area contributed by atoms with Crippen LogP contribution < -0.4 is 4.74 Å². The Labute approximate surface area is 97.1 Å². The van der Waals surface area contributed by atoms with Crippen molar-refractivity contribution in [2.24, 2.45) is 0 Å². The molecule has 0 aliphatic heterocycles. The summed E-state index contributed by atoms with van der Waals surface area (Å²) in [6, 6.07) is 2.72. The van der Waals surface area contributed by atoms with Crippen LogP contribution in [0.25, 0.3) is 0 Å². The topological polar surface area (TPSA) is 9.23 Å². The molecule has 0 N–H and O–H groups in total. The Bertz CT molecular complexity index is 320. The summed E-state index contributed by atoms with van der Waals surface area (Å²) >= 11 is 13.2. The summed E-state index contributed by atoms with van der Waals surface area (Å²) in [7, 11) is 0. The van der Waals surface area contributed by atoms with E-state index < -0.39 is 6.61 Å². The zero-order valence-corrected chi connectivity index (χ0v) is 9.70. The first-order valence-corrected chi connectivity index (χ1v) is 4.93. The van der Waals surface area contributed by atoms with Crippen LogP contribution in [0.3, 0.4) is 0 Å². The first kappa shape index (κ1) is 11.3. The molecule has 0 fully saturated rings. The number of benzene rings is 1. The lowest BCUT2D eigenvalue weighted by Gasteiger charge is -2.07. The van der Waals surface area contributed by atoms with Crippen LogP contribution in [0, 0.1) is 3.57 Å². The predicted molar refractivity (Wildman–Crippen MR) is 55.8 cm³/mol. The van der Waals surface area contributed by atoms with Gasteiger partial charge >= 0.3 is 6.61 Å². The van der Waals surface area contributed by atoms with E-state index in [0.29, 0.717) is 8.59 Å². The third kappa shape index (κ3) is 3.11. The average molecular weight is 339 g/mol. The maximum absolute atomic E-state index is 11.8. The van der Waals surface area contributed by atoms with Gasteiger partial charge in [0.1, 0.15) is 5.75 Å². The highest BCUT2D eigenvalue weighted by atomic mass is 127. The average Bonchev–Trinajstić information content (AvgIpc) is 1.99. The lowest BCUT2D eigenvalue weighted by atomic mass is 10.3. The molecule has 0 saturated heterocycles. The van der Waals surface area contributed by atoms with Gasteiger partial charge in [-0.05, 0) is 28.7 Å². The SMILES string of the molecule is FC(F)Oc1cc(Cl)c(I)cc1Cl. The van der Waals surface area contributed by atoms with Crippen molar-refractivity contribution in [2.75, 3.05) is 0 Å². The van der Waals surface area contributed by atoms with Crippen LogP contribution in [0.1, 0.15) is 0 Å². The van der Waals surface area contributed by atoms with Crippen molar-refractivity contribution in [2.45, 2.75) is 6.61 Å². The van der Waals surface area contributed by atoms with Gasteiger partial charge in [0.15, 0.2) is 0 Å². The number of hydrogen-bond acceptors (Lipinski definition) is 1. The first-order chi connectivity index (χ1) is 6.00. The third-order valence-corrected chi connectivity index (χ3v) is 3.01. The fourth-order valence-corrected chi connectivity index (χ4v) is 1.70. The third-order valence-electron chi connectivity index (χ3n) is 1.19. The Hall–Kier alpha value is 0.190. The molecule has 1 nitrogen and oxygen atoms in total. The molecule has 1 aromatic carbocycles. The zero-order valence-electron chi connectivity index (χ0n) is 6.03. The summed E-state index contributed by atoms with van der Waals surface area (Å²) in [4.78, 5) is 0. The van der Waals surface area contributed by atoms with Crippen molar-refractivity contribution < 1.29 is 13.5 Å². The number of hydrogen-bond donors (Lipinski definition) is 0. The van der Waals surface area contributed by atoms with E-state index in [-0.39, 0.29) is 10.8 Å². The second-order valence-corrected chi connectivity index (χ2v) is 4.05. The van der Waals surface area contributed by atoms with Gasteiger partial charge in [0.25, 0.3) is 0 Å². The summed E-state index contributed by atoms with van der Waals surface area (Å²) in [5, 5.41) is 0.453. The lowest BCUT2D eigenvalue weighted by Crippen LogP contribution is -2.02. The maximum atomic E-state index is 11.8. The standard InChI is InChI=1S/C7H3Cl2F2IO/c8-3-2-6(13-7(10)11)4(9)1-5(3)12/h1-2,7H. The summed E-state index contributed by atoms with van der Waals surface area (Å²) in [5.74, 6) is -0.109. The number of rotatable bonds is 2. The van der Waals surface area contributed by atoms with E-state index in [2.05, 4.69) is 4.74 Å². The van der Waals surface area contributed by atoms with Crippen molar-refractivity contribution in [3.8, 4) is 5.75 Å². The fourth-order valence-electron chi connectivity index (χ4n) is 0.691. The quantitative estimate of drug-likeness (QED) is 0.580.